The van der Waals surface area contributed by atoms with E-state index in [0.717, 1.165) is 11.3 Å². The average Bonchev–Trinajstić information content (AvgIpc) is 2.79. The highest BCUT2D eigenvalue weighted by molar-refractivity contribution is 5.89. The van der Waals surface area contributed by atoms with Crippen LogP contribution >= 0.6 is 0 Å². The first kappa shape index (κ1) is 16.3. The molecule has 5 nitrogen and oxygen atoms in total. The second kappa shape index (κ2) is 6.38. The largest absolute Gasteiger partial charge is 0.497 e. The molecule has 2 atom stereocenters. The highest BCUT2D eigenvalue weighted by Gasteiger charge is 2.39. The number of nitrogens with one attached hydrogen (secondary N) is 1. The molecule has 0 unspecified atom stereocenters. The van der Waals surface area contributed by atoms with Crippen LogP contribution in [0.2, 0.25) is 0 Å². The summed E-state index contributed by atoms with van der Waals surface area (Å²) in [6, 6.07) is 7.08. The Bertz CT molecular complexity index is 545. The van der Waals surface area contributed by atoms with Gasteiger partial charge in [-0.25, -0.2) is 4.79 Å². The third-order valence-corrected chi connectivity index (χ3v) is 3.55. The standard InChI is InChI=1S/C17H23NO4/c1-17(2,3)22-16(20)15-12(10-14(19)18-15)9-11-5-7-13(21-4)8-6-11/h5-8,12,15H,9-10H2,1-4H3,(H,18,19)/t12-,15+/m1/s1. The van der Waals surface area contributed by atoms with E-state index in [1.165, 1.54) is 0 Å². The van der Waals surface area contributed by atoms with Crippen LogP contribution in [0.15, 0.2) is 24.3 Å². The van der Waals surface area contributed by atoms with Crippen LogP contribution in [-0.4, -0.2) is 30.6 Å². The zero-order chi connectivity index (χ0) is 16.3. The molecule has 1 aromatic carbocycles. The van der Waals surface area contributed by atoms with Gasteiger partial charge in [-0.05, 0) is 44.9 Å². The molecule has 2 rings (SSSR count). The molecule has 22 heavy (non-hydrogen) atoms. The highest BCUT2D eigenvalue weighted by Crippen LogP contribution is 2.25. The molecule has 1 heterocycles. The molecule has 0 aliphatic carbocycles. The number of methoxy groups -OCH3 is 1. The molecule has 120 valence electrons. The molecule has 5 heteroatoms. The number of ether oxygens (including phenoxy) is 2. The Morgan fingerprint density at radius 3 is 2.45 bits per heavy atom. The van der Waals surface area contributed by atoms with Gasteiger partial charge in [0.05, 0.1) is 7.11 Å². The van der Waals surface area contributed by atoms with Crippen molar-refractivity contribution in [3.8, 4) is 5.75 Å². The van der Waals surface area contributed by atoms with E-state index in [-0.39, 0.29) is 17.8 Å². The van der Waals surface area contributed by atoms with Gasteiger partial charge in [-0.1, -0.05) is 12.1 Å². The lowest BCUT2D eigenvalue weighted by Crippen LogP contribution is -2.42. The summed E-state index contributed by atoms with van der Waals surface area (Å²) < 4.78 is 10.5. The molecule has 0 bridgehead atoms. The lowest BCUT2D eigenvalue weighted by atomic mass is 9.92. The fraction of sp³-hybridized carbons (Fsp3) is 0.529. The van der Waals surface area contributed by atoms with Gasteiger partial charge in [0.25, 0.3) is 0 Å². The average molecular weight is 305 g/mol. The van der Waals surface area contributed by atoms with Crippen molar-refractivity contribution in [2.75, 3.05) is 7.11 Å². The normalized spacial score (nSPS) is 21.4. The molecule has 0 radical (unpaired) electrons. The van der Waals surface area contributed by atoms with E-state index in [1.807, 2.05) is 45.0 Å². The van der Waals surface area contributed by atoms with Gasteiger partial charge in [0.2, 0.25) is 5.91 Å². The molecule has 1 fully saturated rings. The van der Waals surface area contributed by atoms with E-state index in [9.17, 15) is 9.59 Å². The van der Waals surface area contributed by atoms with Crippen LogP contribution in [0, 0.1) is 5.92 Å². The molecule has 1 aliphatic heterocycles. The monoisotopic (exact) mass is 305 g/mol. The van der Waals surface area contributed by atoms with E-state index >= 15 is 0 Å². The van der Waals surface area contributed by atoms with Crippen molar-refractivity contribution >= 4 is 11.9 Å². The molecule has 1 N–H and O–H groups in total. The summed E-state index contributed by atoms with van der Waals surface area (Å²) in [6.07, 6.45) is 0.989. The Balaban J connectivity index is 2.06. The lowest BCUT2D eigenvalue weighted by Gasteiger charge is -2.24. The number of hydrogen-bond donors (Lipinski definition) is 1. The first-order valence-corrected chi connectivity index (χ1v) is 7.43. The fourth-order valence-electron chi connectivity index (χ4n) is 2.58. The number of carbonyl (C=O) groups excluding carboxylic acids is 2. The van der Waals surface area contributed by atoms with Crippen molar-refractivity contribution in [3.05, 3.63) is 29.8 Å². The van der Waals surface area contributed by atoms with E-state index in [1.54, 1.807) is 7.11 Å². The van der Waals surface area contributed by atoms with Crippen molar-refractivity contribution in [3.63, 3.8) is 0 Å². The molecular weight excluding hydrogens is 282 g/mol. The summed E-state index contributed by atoms with van der Waals surface area (Å²) in [5, 5.41) is 2.73. The highest BCUT2D eigenvalue weighted by atomic mass is 16.6. The summed E-state index contributed by atoms with van der Waals surface area (Å²) in [7, 11) is 1.62. The topological polar surface area (TPSA) is 64.6 Å². The zero-order valence-corrected chi connectivity index (χ0v) is 13.5. The quantitative estimate of drug-likeness (QED) is 0.865. The Labute approximate surface area is 131 Å². The minimum atomic E-state index is -0.575. The van der Waals surface area contributed by atoms with Crippen LogP contribution in [-0.2, 0) is 20.7 Å². The van der Waals surface area contributed by atoms with Crippen LogP contribution in [0.1, 0.15) is 32.8 Å². The van der Waals surface area contributed by atoms with Gasteiger partial charge < -0.3 is 14.8 Å². The van der Waals surface area contributed by atoms with Gasteiger partial charge in [-0.3, -0.25) is 4.79 Å². The second-order valence-electron chi connectivity index (χ2n) is 6.60. The lowest BCUT2D eigenvalue weighted by molar-refractivity contribution is -0.158. The number of benzene rings is 1. The Morgan fingerprint density at radius 1 is 1.27 bits per heavy atom. The Morgan fingerprint density at radius 2 is 1.91 bits per heavy atom. The maximum atomic E-state index is 12.3. The summed E-state index contributed by atoms with van der Waals surface area (Å²) in [5.41, 5.74) is 0.505. The SMILES string of the molecule is COc1ccc(C[C@@H]2CC(=O)N[C@@H]2C(=O)OC(C)(C)C)cc1. The first-order valence-electron chi connectivity index (χ1n) is 7.43. The van der Waals surface area contributed by atoms with Crippen LogP contribution in [0.4, 0.5) is 0 Å². The van der Waals surface area contributed by atoms with E-state index < -0.39 is 11.6 Å². The van der Waals surface area contributed by atoms with Crippen LogP contribution < -0.4 is 10.1 Å². The van der Waals surface area contributed by atoms with Crippen molar-refractivity contribution in [2.24, 2.45) is 5.92 Å². The first-order chi connectivity index (χ1) is 10.3. The molecule has 1 saturated heterocycles. The molecular formula is C17H23NO4. The molecule has 0 spiro atoms. The fourth-order valence-corrected chi connectivity index (χ4v) is 2.58. The Hall–Kier alpha value is -2.04. The Kier molecular flexibility index (Phi) is 4.74. The predicted molar refractivity (Wildman–Crippen MR) is 82.6 cm³/mol. The van der Waals surface area contributed by atoms with Crippen molar-refractivity contribution < 1.29 is 19.1 Å². The number of carbonyl (C=O) groups is 2. The maximum Gasteiger partial charge on any atom is 0.329 e. The third kappa shape index (κ3) is 4.23. The van der Waals surface area contributed by atoms with E-state index in [2.05, 4.69) is 5.32 Å². The number of hydrogen-bond acceptors (Lipinski definition) is 4. The number of rotatable bonds is 4. The summed E-state index contributed by atoms with van der Waals surface area (Å²) in [4.78, 5) is 23.9. The van der Waals surface area contributed by atoms with Crippen molar-refractivity contribution in [1.82, 2.24) is 5.32 Å². The van der Waals surface area contributed by atoms with Crippen LogP contribution in [0.5, 0.6) is 5.75 Å². The van der Waals surface area contributed by atoms with E-state index in [4.69, 9.17) is 9.47 Å². The maximum absolute atomic E-state index is 12.3. The van der Waals surface area contributed by atoms with Crippen molar-refractivity contribution in [1.29, 1.82) is 0 Å². The third-order valence-electron chi connectivity index (χ3n) is 3.55. The minimum Gasteiger partial charge on any atom is -0.497 e. The molecule has 1 aliphatic rings. The van der Waals surface area contributed by atoms with Gasteiger partial charge in [-0.15, -0.1) is 0 Å². The van der Waals surface area contributed by atoms with Gasteiger partial charge in [0, 0.05) is 12.3 Å². The molecule has 0 aromatic heterocycles. The van der Waals surface area contributed by atoms with Gasteiger partial charge in [0.1, 0.15) is 17.4 Å². The van der Waals surface area contributed by atoms with Gasteiger partial charge in [-0.2, -0.15) is 0 Å². The summed E-state index contributed by atoms with van der Waals surface area (Å²) >= 11 is 0. The second-order valence-corrected chi connectivity index (χ2v) is 6.60. The zero-order valence-electron chi connectivity index (χ0n) is 13.5. The molecule has 1 amide bonds. The van der Waals surface area contributed by atoms with Crippen LogP contribution in [0.25, 0.3) is 0 Å². The van der Waals surface area contributed by atoms with Crippen LogP contribution in [0.3, 0.4) is 0 Å². The predicted octanol–water partition coefficient (Wildman–Crippen LogP) is 2.08. The smallest absolute Gasteiger partial charge is 0.329 e. The number of esters is 1. The molecule has 0 saturated carbocycles. The van der Waals surface area contributed by atoms with Crippen molar-refractivity contribution in [2.45, 2.75) is 45.3 Å². The summed E-state index contributed by atoms with van der Waals surface area (Å²) in [6.45, 7) is 5.46. The van der Waals surface area contributed by atoms with Gasteiger partial charge in [0.15, 0.2) is 0 Å². The minimum absolute atomic E-state index is 0.0873. The van der Waals surface area contributed by atoms with E-state index in [0.29, 0.717) is 12.8 Å². The van der Waals surface area contributed by atoms with Gasteiger partial charge >= 0.3 is 5.97 Å². The molecule has 1 aromatic rings. The number of amides is 1. The summed E-state index contributed by atoms with van der Waals surface area (Å²) in [5.74, 6) is 0.232.